The summed E-state index contributed by atoms with van der Waals surface area (Å²) in [6.07, 6.45) is -2.95. The van der Waals surface area contributed by atoms with Crippen LogP contribution in [-0.2, 0) is 0 Å². The molecule has 1 aliphatic rings. The van der Waals surface area contributed by atoms with Crippen molar-refractivity contribution < 1.29 is 17.6 Å². The summed E-state index contributed by atoms with van der Waals surface area (Å²) in [5.41, 5.74) is -0.827. The third kappa shape index (κ3) is 8.39. The first-order valence-corrected chi connectivity index (χ1v) is 7.23. The molecule has 1 aliphatic carbocycles. The van der Waals surface area contributed by atoms with E-state index < -0.39 is 17.6 Å². The van der Waals surface area contributed by atoms with Crippen molar-refractivity contribution in [2.45, 2.75) is 67.5 Å². The van der Waals surface area contributed by atoms with E-state index >= 15 is 0 Å². The summed E-state index contributed by atoms with van der Waals surface area (Å²) in [6, 6.07) is 0. The first kappa shape index (κ1) is 21.5. The number of halogens is 4. The SMILES string of the molecule is CC.CC(C)C.CC(C)C1=CCCC(C(F)(F)F)=C1F. The van der Waals surface area contributed by atoms with Gasteiger partial charge in [0.2, 0.25) is 0 Å². The maximum absolute atomic E-state index is 13.4. The van der Waals surface area contributed by atoms with Crippen molar-refractivity contribution in [1.82, 2.24) is 0 Å². The molecule has 0 saturated heterocycles. The number of alkyl halides is 3. The lowest BCUT2D eigenvalue weighted by Crippen LogP contribution is -2.17. The molecule has 0 heterocycles. The molecule has 0 aliphatic heterocycles. The lowest BCUT2D eigenvalue weighted by Gasteiger charge is -2.20. The van der Waals surface area contributed by atoms with Crippen molar-refractivity contribution in [2.24, 2.45) is 11.8 Å². The van der Waals surface area contributed by atoms with Crippen LogP contribution in [0.5, 0.6) is 0 Å². The van der Waals surface area contributed by atoms with Crippen LogP contribution in [0.15, 0.2) is 23.0 Å². The fourth-order valence-corrected chi connectivity index (χ4v) is 1.50. The molecule has 1 rings (SSSR count). The van der Waals surface area contributed by atoms with E-state index in [1.807, 2.05) is 13.8 Å². The van der Waals surface area contributed by atoms with Crippen molar-refractivity contribution in [1.29, 1.82) is 0 Å². The van der Waals surface area contributed by atoms with Gasteiger partial charge in [-0.25, -0.2) is 4.39 Å². The van der Waals surface area contributed by atoms with Crippen LogP contribution in [0.2, 0.25) is 0 Å². The van der Waals surface area contributed by atoms with Crippen molar-refractivity contribution >= 4 is 0 Å². The molecule has 0 nitrogen and oxygen atoms in total. The Morgan fingerprint density at radius 1 is 1.00 bits per heavy atom. The molecule has 0 aromatic rings. The average Bonchev–Trinajstić information content (AvgIpc) is 2.29. The highest BCUT2D eigenvalue weighted by atomic mass is 19.4. The molecule has 0 aromatic carbocycles. The van der Waals surface area contributed by atoms with Crippen LogP contribution in [0, 0.1) is 11.8 Å². The summed E-state index contributed by atoms with van der Waals surface area (Å²) < 4.78 is 50.3. The van der Waals surface area contributed by atoms with E-state index in [2.05, 4.69) is 20.8 Å². The highest BCUT2D eigenvalue weighted by Gasteiger charge is 2.38. The molecule has 120 valence electrons. The van der Waals surface area contributed by atoms with Gasteiger partial charge in [0.25, 0.3) is 0 Å². The van der Waals surface area contributed by atoms with Crippen molar-refractivity contribution in [3.05, 3.63) is 23.0 Å². The molecule has 0 atom stereocenters. The van der Waals surface area contributed by atoms with E-state index in [9.17, 15) is 17.6 Å². The lowest BCUT2D eigenvalue weighted by molar-refractivity contribution is -0.0960. The molecule has 0 spiro atoms. The highest BCUT2D eigenvalue weighted by Crippen LogP contribution is 2.39. The van der Waals surface area contributed by atoms with E-state index in [1.165, 1.54) is 0 Å². The van der Waals surface area contributed by atoms with Gasteiger partial charge in [-0.1, -0.05) is 54.5 Å². The summed E-state index contributed by atoms with van der Waals surface area (Å²) in [5, 5.41) is 0. The monoisotopic (exact) mass is 296 g/mol. The highest BCUT2D eigenvalue weighted by molar-refractivity contribution is 5.36. The summed E-state index contributed by atoms with van der Waals surface area (Å²) >= 11 is 0. The van der Waals surface area contributed by atoms with Gasteiger partial charge in [-0.3, -0.25) is 0 Å². The fraction of sp³-hybridized carbons (Fsp3) is 0.750. The number of rotatable bonds is 1. The van der Waals surface area contributed by atoms with E-state index in [4.69, 9.17) is 0 Å². The third-order valence-corrected chi connectivity index (χ3v) is 2.24. The zero-order valence-corrected chi connectivity index (χ0v) is 13.7. The Kier molecular flexibility index (Phi) is 10.8. The second-order valence-corrected chi connectivity index (χ2v) is 5.38. The first-order chi connectivity index (χ1) is 9.07. The second kappa shape index (κ2) is 10.0. The molecule has 20 heavy (non-hydrogen) atoms. The van der Waals surface area contributed by atoms with Crippen molar-refractivity contribution in [3.8, 4) is 0 Å². The molecule has 4 heteroatoms. The first-order valence-electron chi connectivity index (χ1n) is 7.23. The maximum Gasteiger partial charge on any atom is 0.415 e. The van der Waals surface area contributed by atoms with Crippen LogP contribution < -0.4 is 0 Å². The molecule has 0 saturated carbocycles. The molecule has 0 radical (unpaired) electrons. The van der Waals surface area contributed by atoms with Gasteiger partial charge in [-0.05, 0) is 30.3 Å². The summed E-state index contributed by atoms with van der Waals surface area (Å²) in [5.74, 6) is -0.439. The minimum atomic E-state index is -4.53. The molecule has 0 aromatic heterocycles. The Morgan fingerprint density at radius 3 is 1.70 bits per heavy atom. The second-order valence-electron chi connectivity index (χ2n) is 5.38. The van der Waals surface area contributed by atoms with Gasteiger partial charge in [0.15, 0.2) is 0 Å². The van der Waals surface area contributed by atoms with E-state index in [0.29, 0.717) is 0 Å². The van der Waals surface area contributed by atoms with Gasteiger partial charge < -0.3 is 0 Å². The van der Waals surface area contributed by atoms with Crippen LogP contribution >= 0.6 is 0 Å². The van der Waals surface area contributed by atoms with Crippen LogP contribution in [0.3, 0.4) is 0 Å². The molecule has 0 N–H and O–H groups in total. The molecular weight excluding hydrogens is 268 g/mol. The Balaban J connectivity index is 0. The fourth-order valence-electron chi connectivity index (χ4n) is 1.50. The number of hydrogen-bond acceptors (Lipinski definition) is 0. The van der Waals surface area contributed by atoms with Crippen LogP contribution in [-0.4, -0.2) is 6.18 Å². The molecule has 0 fully saturated rings. The van der Waals surface area contributed by atoms with Gasteiger partial charge in [0.05, 0.1) is 5.57 Å². The average molecular weight is 296 g/mol. The smallest absolute Gasteiger partial charge is 0.206 e. The van der Waals surface area contributed by atoms with Gasteiger partial charge >= 0.3 is 6.18 Å². The van der Waals surface area contributed by atoms with Gasteiger partial charge in [-0.2, -0.15) is 13.2 Å². The Morgan fingerprint density at radius 2 is 1.40 bits per heavy atom. The van der Waals surface area contributed by atoms with Gasteiger partial charge in [0, 0.05) is 0 Å². The maximum atomic E-state index is 13.4. The largest absolute Gasteiger partial charge is 0.415 e. The third-order valence-electron chi connectivity index (χ3n) is 2.24. The van der Waals surface area contributed by atoms with Crippen molar-refractivity contribution in [2.75, 3.05) is 0 Å². The predicted molar refractivity (Wildman–Crippen MR) is 78.2 cm³/mol. The van der Waals surface area contributed by atoms with E-state index in [0.717, 1.165) is 5.92 Å². The Bertz CT molecular complexity index is 317. The summed E-state index contributed by atoms with van der Waals surface area (Å²) in [6.45, 7) is 13.9. The zero-order chi connectivity index (χ0) is 16.5. The van der Waals surface area contributed by atoms with Crippen LogP contribution in [0.4, 0.5) is 17.6 Å². The standard InChI is InChI=1S/C10H12F4.C4H10.C2H6/c1-6(2)7-4-3-5-8(9(7)11)10(12,13)14;1-4(2)3;1-2/h4,6H,3,5H2,1-2H3;4H,1-3H3;1-2H3. The molecule has 0 bridgehead atoms. The minimum absolute atomic E-state index is 0.184. The summed E-state index contributed by atoms with van der Waals surface area (Å²) in [7, 11) is 0. The van der Waals surface area contributed by atoms with Crippen LogP contribution in [0.25, 0.3) is 0 Å². The molecule has 0 unspecified atom stereocenters. The predicted octanol–water partition coefficient (Wildman–Crippen LogP) is 6.84. The Hall–Kier alpha value is -0.800. The molecular formula is C16H28F4. The number of allylic oxidation sites excluding steroid dienone is 4. The minimum Gasteiger partial charge on any atom is -0.206 e. The Labute approximate surface area is 121 Å². The summed E-state index contributed by atoms with van der Waals surface area (Å²) in [4.78, 5) is 0. The quantitative estimate of drug-likeness (QED) is 0.465. The van der Waals surface area contributed by atoms with Crippen molar-refractivity contribution in [3.63, 3.8) is 0 Å². The van der Waals surface area contributed by atoms with Gasteiger partial charge in [-0.15, -0.1) is 0 Å². The zero-order valence-electron chi connectivity index (χ0n) is 13.7. The van der Waals surface area contributed by atoms with Crippen LogP contribution in [0.1, 0.15) is 61.3 Å². The topological polar surface area (TPSA) is 0 Å². The molecule has 0 amide bonds. The van der Waals surface area contributed by atoms with Gasteiger partial charge in [0.1, 0.15) is 5.83 Å². The van der Waals surface area contributed by atoms with E-state index in [1.54, 1.807) is 19.9 Å². The van der Waals surface area contributed by atoms with E-state index in [-0.39, 0.29) is 24.3 Å². The normalized spacial score (nSPS) is 15.3. The lowest BCUT2D eigenvalue weighted by atomic mass is 9.91. The number of hydrogen-bond donors (Lipinski definition) is 0.